The summed E-state index contributed by atoms with van der Waals surface area (Å²) in [4.78, 5) is 13.6. The number of hydrogen-bond donors (Lipinski definition) is 1. The molecule has 12 heteroatoms. The number of carbonyl (C=O) groups is 1. The van der Waals surface area contributed by atoms with Gasteiger partial charge in [-0.3, -0.25) is 9.36 Å². The lowest BCUT2D eigenvalue weighted by Gasteiger charge is -2.15. The smallest absolute Gasteiger partial charge is 0.416 e. The van der Waals surface area contributed by atoms with Gasteiger partial charge < -0.3 is 14.8 Å². The van der Waals surface area contributed by atoms with E-state index in [-0.39, 0.29) is 30.4 Å². The molecule has 1 aromatic carbocycles. The van der Waals surface area contributed by atoms with E-state index in [1.807, 2.05) is 22.1 Å². The monoisotopic (exact) mass is 498 g/mol. The molecule has 0 radical (unpaired) electrons. The summed E-state index contributed by atoms with van der Waals surface area (Å²) in [6.07, 6.45) is -2.51. The summed E-state index contributed by atoms with van der Waals surface area (Å²) in [7, 11) is 1.49. The van der Waals surface area contributed by atoms with E-state index < -0.39 is 17.6 Å². The molecule has 3 aromatic rings. The molecule has 1 amide bonds. The van der Waals surface area contributed by atoms with Crippen LogP contribution in [0.4, 0.5) is 18.9 Å². The van der Waals surface area contributed by atoms with Crippen molar-refractivity contribution in [3.63, 3.8) is 0 Å². The number of aromatic nitrogens is 3. The first-order chi connectivity index (χ1) is 15.9. The molecule has 1 N–H and O–H groups in total. The fraction of sp³-hybridized carbons (Fsp3) is 0.381. The Hall–Kier alpha value is -2.57. The van der Waals surface area contributed by atoms with E-state index in [4.69, 9.17) is 9.47 Å². The third-order valence-corrected chi connectivity index (χ3v) is 6.59. The Morgan fingerprint density at radius 2 is 2.09 bits per heavy atom. The molecular weight excluding hydrogens is 477 g/mol. The van der Waals surface area contributed by atoms with Crippen LogP contribution in [-0.4, -0.2) is 46.7 Å². The number of nitrogens with one attached hydrogen (secondary N) is 1. The number of nitrogens with zero attached hydrogens (tertiary/aromatic N) is 3. The summed E-state index contributed by atoms with van der Waals surface area (Å²) in [6.45, 7) is 0.392. The maximum atomic E-state index is 13.2. The van der Waals surface area contributed by atoms with Gasteiger partial charge in [-0.25, -0.2) is 0 Å². The van der Waals surface area contributed by atoms with Crippen LogP contribution in [0.5, 0.6) is 5.75 Å². The highest BCUT2D eigenvalue weighted by Gasteiger charge is 2.32. The molecule has 1 saturated carbocycles. The number of ether oxygens (including phenoxy) is 2. The van der Waals surface area contributed by atoms with Crippen molar-refractivity contribution < 1.29 is 27.4 Å². The highest BCUT2D eigenvalue weighted by Crippen LogP contribution is 2.42. The average Bonchev–Trinajstić information content (AvgIpc) is 3.29. The number of thiophene rings is 1. The van der Waals surface area contributed by atoms with Gasteiger partial charge in [0.05, 0.1) is 28.5 Å². The Balaban J connectivity index is 1.47. The average molecular weight is 499 g/mol. The van der Waals surface area contributed by atoms with Gasteiger partial charge in [0, 0.05) is 13.2 Å². The zero-order valence-electron chi connectivity index (χ0n) is 17.6. The second-order valence-corrected chi connectivity index (χ2v) is 9.16. The Labute approximate surface area is 196 Å². The van der Waals surface area contributed by atoms with Crippen molar-refractivity contribution >= 4 is 34.7 Å². The van der Waals surface area contributed by atoms with Gasteiger partial charge in [-0.2, -0.15) is 13.2 Å². The number of halogens is 3. The van der Waals surface area contributed by atoms with Crippen LogP contribution in [0.1, 0.15) is 24.4 Å². The van der Waals surface area contributed by atoms with E-state index in [9.17, 15) is 18.0 Å². The lowest BCUT2D eigenvalue weighted by Crippen LogP contribution is -2.17. The third-order valence-electron chi connectivity index (χ3n) is 4.78. The third kappa shape index (κ3) is 5.87. The van der Waals surface area contributed by atoms with Crippen LogP contribution in [0.3, 0.4) is 0 Å². The van der Waals surface area contributed by atoms with Gasteiger partial charge >= 0.3 is 6.18 Å². The van der Waals surface area contributed by atoms with Crippen LogP contribution in [0.2, 0.25) is 0 Å². The summed E-state index contributed by atoms with van der Waals surface area (Å²) < 4.78 is 51.9. The van der Waals surface area contributed by atoms with Crippen molar-refractivity contribution in [3.05, 3.63) is 41.3 Å². The van der Waals surface area contributed by atoms with Crippen molar-refractivity contribution in [2.75, 3.05) is 31.4 Å². The van der Waals surface area contributed by atoms with Crippen LogP contribution < -0.4 is 10.1 Å². The van der Waals surface area contributed by atoms with E-state index in [2.05, 4.69) is 15.5 Å². The Morgan fingerprint density at radius 3 is 2.76 bits per heavy atom. The summed E-state index contributed by atoms with van der Waals surface area (Å²) in [6, 6.07) is 7.18. The highest BCUT2D eigenvalue weighted by molar-refractivity contribution is 7.99. The molecule has 1 fully saturated rings. The standard InChI is InChI=1S/C21H21F3N4O3S2/c1-30-8-9-31-16-7-4-13(21(22,23)24)11-15(16)25-18(29)12-33-20-27-26-19(17-3-2-10-32-17)28(20)14-5-6-14/h2-4,7,10-11,14H,5-6,8-9,12H2,1H3,(H,25,29). The fourth-order valence-corrected chi connectivity index (χ4v) is 4.60. The number of amides is 1. The Kier molecular flexibility index (Phi) is 7.25. The highest BCUT2D eigenvalue weighted by atomic mass is 32.2. The fourth-order valence-electron chi connectivity index (χ4n) is 3.09. The van der Waals surface area contributed by atoms with Gasteiger partial charge in [0.2, 0.25) is 5.91 Å². The van der Waals surface area contributed by atoms with E-state index in [1.165, 1.54) is 24.9 Å². The van der Waals surface area contributed by atoms with Gasteiger partial charge in [0.15, 0.2) is 11.0 Å². The SMILES string of the molecule is COCCOc1ccc(C(F)(F)F)cc1NC(=O)CSc1nnc(-c2cccs2)n1C1CC1. The summed E-state index contributed by atoms with van der Waals surface area (Å²) in [5.41, 5.74) is -0.923. The molecule has 176 valence electrons. The molecule has 1 aliphatic carbocycles. The number of methoxy groups -OCH3 is 1. The molecule has 2 aromatic heterocycles. The maximum Gasteiger partial charge on any atom is 0.416 e. The minimum atomic E-state index is -4.54. The zero-order valence-corrected chi connectivity index (χ0v) is 19.2. The van der Waals surface area contributed by atoms with Gasteiger partial charge in [-0.05, 0) is 42.5 Å². The lowest BCUT2D eigenvalue weighted by molar-refractivity contribution is -0.137. The second kappa shape index (κ2) is 10.1. The van der Waals surface area contributed by atoms with E-state index in [0.29, 0.717) is 11.2 Å². The summed E-state index contributed by atoms with van der Waals surface area (Å²) in [5.74, 6) is 0.392. The number of anilines is 1. The molecule has 7 nitrogen and oxygen atoms in total. The molecule has 0 bridgehead atoms. The molecule has 0 atom stereocenters. The summed E-state index contributed by atoms with van der Waals surface area (Å²) in [5, 5.41) is 13.6. The van der Waals surface area contributed by atoms with Gasteiger partial charge in [-0.15, -0.1) is 21.5 Å². The number of rotatable bonds is 10. The summed E-state index contributed by atoms with van der Waals surface area (Å²) >= 11 is 2.76. The van der Waals surface area contributed by atoms with Crippen molar-refractivity contribution in [1.82, 2.24) is 14.8 Å². The van der Waals surface area contributed by atoms with Crippen LogP contribution in [0.15, 0.2) is 40.9 Å². The van der Waals surface area contributed by atoms with Crippen molar-refractivity contribution in [2.45, 2.75) is 30.2 Å². The van der Waals surface area contributed by atoms with Crippen molar-refractivity contribution in [3.8, 4) is 16.5 Å². The maximum absolute atomic E-state index is 13.2. The minimum Gasteiger partial charge on any atom is -0.489 e. The van der Waals surface area contributed by atoms with Gasteiger partial charge in [0.25, 0.3) is 0 Å². The largest absolute Gasteiger partial charge is 0.489 e. The molecule has 2 heterocycles. The first-order valence-corrected chi connectivity index (χ1v) is 12.0. The molecule has 0 saturated heterocycles. The Bertz CT molecular complexity index is 1100. The number of alkyl halides is 3. The van der Waals surface area contributed by atoms with E-state index in [1.54, 1.807) is 11.3 Å². The van der Waals surface area contributed by atoms with E-state index in [0.717, 1.165) is 35.7 Å². The zero-order chi connectivity index (χ0) is 23.4. The molecule has 0 aliphatic heterocycles. The molecule has 1 aliphatic rings. The molecule has 33 heavy (non-hydrogen) atoms. The molecular formula is C21H21F3N4O3S2. The molecule has 4 rings (SSSR count). The van der Waals surface area contributed by atoms with E-state index >= 15 is 0 Å². The lowest BCUT2D eigenvalue weighted by atomic mass is 10.1. The quantitative estimate of drug-likeness (QED) is 0.309. The number of benzene rings is 1. The predicted molar refractivity (Wildman–Crippen MR) is 120 cm³/mol. The van der Waals surface area contributed by atoms with Crippen LogP contribution in [-0.2, 0) is 15.7 Å². The van der Waals surface area contributed by atoms with Crippen molar-refractivity contribution in [1.29, 1.82) is 0 Å². The van der Waals surface area contributed by atoms with Crippen molar-refractivity contribution in [2.24, 2.45) is 0 Å². The number of hydrogen-bond acceptors (Lipinski definition) is 7. The molecule has 0 spiro atoms. The topological polar surface area (TPSA) is 78.3 Å². The normalized spacial score (nSPS) is 13.8. The van der Waals surface area contributed by atoms with Gasteiger partial charge in [0.1, 0.15) is 12.4 Å². The Morgan fingerprint density at radius 1 is 1.27 bits per heavy atom. The number of carbonyl (C=O) groups excluding carboxylic acids is 1. The van der Waals surface area contributed by atoms with Crippen LogP contribution in [0, 0.1) is 0 Å². The van der Waals surface area contributed by atoms with Crippen LogP contribution in [0.25, 0.3) is 10.7 Å². The predicted octanol–water partition coefficient (Wildman–Crippen LogP) is 5.12. The minimum absolute atomic E-state index is 0.0386. The first kappa shape index (κ1) is 23.6. The number of thioether (sulfide) groups is 1. The second-order valence-electron chi connectivity index (χ2n) is 7.27. The first-order valence-electron chi connectivity index (χ1n) is 10.1. The van der Waals surface area contributed by atoms with Gasteiger partial charge in [-0.1, -0.05) is 17.8 Å². The molecule has 0 unspecified atom stereocenters. The van der Waals surface area contributed by atoms with Crippen LogP contribution >= 0.6 is 23.1 Å².